The molecular formula is C15H24N4. The quantitative estimate of drug-likeness (QED) is 0.884. The average Bonchev–Trinajstić information content (AvgIpc) is 2.24. The molecule has 0 aliphatic carbocycles. The monoisotopic (exact) mass is 260 g/mol. The van der Waals surface area contributed by atoms with E-state index in [0.29, 0.717) is 5.56 Å². The first kappa shape index (κ1) is 15.5. The van der Waals surface area contributed by atoms with Gasteiger partial charge < -0.3 is 10.2 Å². The summed E-state index contributed by atoms with van der Waals surface area (Å²) in [6, 6.07) is 4.17. The van der Waals surface area contributed by atoms with E-state index >= 15 is 0 Å². The van der Waals surface area contributed by atoms with Crippen molar-refractivity contribution in [3.8, 4) is 6.07 Å². The maximum atomic E-state index is 9.23. The summed E-state index contributed by atoms with van der Waals surface area (Å²) >= 11 is 0. The van der Waals surface area contributed by atoms with Crippen LogP contribution in [0.25, 0.3) is 0 Å². The second-order valence-corrected chi connectivity index (χ2v) is 6.14. The molecule has 0 radical (unpaired) electrons. The van der Waals surface area contributed by atoms with Crippen molar-refractivity contribution in [2.75, 3.05) is 32.5 Å². The molecule has 1 aromatic heterocycles. The molecule has 19 heavy (non-hydrogen) atoms. The third-order valence-corrected chi connectivity index (χ3v) is 2.94. The number of anilines is 1. The number of nitrogens with one attached hydrogen (secondary N) is 1. The molecule has 4 heteroatoms. The topological polar surface area (TPSA) is 52.0 Å². The smallest absolute Gasteiger partial charge is 0.103 e. The molecule has 1 rings (SSSR count). The predicted molar refractivity (Wildman–Crippen MR) is 79.3 cm³/mol. The minimum absolute atomic E-state index is 0.140. The van der Waals surface area contributed by atoms with Crippen LogP contribution >= 0.6 is 0 Å². The zero-order valence-electron chi connectivity index (χ0n) is 12.8. The van der Waals surface area contributed by atoms with Crippen molar-refractivity contribution in [2.45, 2.75) is 27.7 Å². The lowest BCUT2D eigenvalue weighted by atomic mass is 9.92. The molecule has 0 saturated carbocycles. The van der Waals surface area contributed by atoms with Gasteiger partial charge in [-0.3, -0.25) is 4.98 Å². The SMILES string of the molecule is Cc1cc(NCC(C)(C)CN(C)C)c(C#N)c(C)n1. The van der Waals surface area contributed by atoms with Gasteiger partial charge in [-0.25, -0.2) is 0 Å². The molecule has 0 fully saturated rings. The Morgan fingerprint density at radius 3 is 2.53 bits per heavy atom. The molecule has 1 N–H and O–H groups in total. The number of rotatable bonds is 5. The summed E-state index contributed by atoms with van der Waals surface area (Å²) in [6.07, 6.45) is 0. The van der Waals surface area contributed by atoms with E-state index in [1.165, 1.54) is 0 Å². The minimum atomic E-state index is 0.140. The van der Waals surface area contributed by atoms with Gasteiger partial charge in [-0.2, -0.15) is 5.26 Å². The van der Waals surface area contributed by atoms with E-state index in [1.54, 1.807) is 0 Å². The van der Waals surface area contributed by atoms with Gasteiger partial charge >= 0.3 is 0 Å². The average molecular weight is 260 g/mol. The third-order valence-electron chi connectivity index (χ3n) is 2.94. The second-order valence-electron chi connectivity index (χ2n) is 6.14. The molecule has 104 valence electrons. The van der Waals surface area contributed by atoms with Gasteiger partial charge in [-0.05, 0) is 39.4 Å². The van der Waals surface area contributed by atoms with Crippen molar-refractivity contribution in [1.82, 2.24) is 9.88 Å². The lowest BCUT2D eigenvalue weighted by Gasteiger charge is -2.29. The highest BCUT2D eigenvalue weighted by molar-refractivity contribution is 5.59. The number of pyridine rings is 1. The molecule has 0 amide bonds. The van der Waals surface area contributed by atoms with Crippen molar-refractivity contribution < 1.29 is 0 Å². The van der Waals surface area contributed by atoms with Crippen LogP contribution in [0.2, 0.25) is 0 Å². The molecular weight excluding hydrogens is 236 g/mol. The van der Waals surface area contributed by atoms with Crippen LogP contribution in [0.4, 0.5) is 5.69 Å². The largest absolute Gasteiger partial charge is 0.383 e. The van der Waals surface area contributed by atoms with Gasteiger partial charge in [0, 0.05) is 18.8 Å². The lowest BCUT2D eigenvalue weighted by molar-refractivity contribution is 0.254. The van der Waals surface area contributed by atoms with Gasteiger partial charge in [0.05, 0.1) is 16.9 Å². The van der Waals surface area contributed by atoms with E-state index < -0.39 is 0 Å². The molecule has 1 aromatic rings. The Bertz CT molecular complexity index is 484. The van der Waals surface area contributed by atoms with E-state index in [2.05, 4.69) is 49.2 Å². The fourth-order valence-electron chi connectivity index (χ4n) is 2.36. The normalized spacial score (nSPS) is 11.5. The summed E-state index contributed by atoms with van der Waals surface area (Å²) < 4.78 is 0. The van der Waals surface area contributed by atoms with Crippen LogP contribution in [-0.4, -0.2) is 37.1 Å². The first-order valence-electron chi connectivity index (χ1n) is 6.52. The molecule has 0 aliphatic rings. The Kier molecular flexibility index (Phi) is 4.90. The summed E-state index contributed by atoms with van der Waals surface area (Å²) in [5.41, 5.74) is 3.40. The van der Waals surface area contributed by atoms with E-state index in [1.807, 2.05) is 19.9 Å². The first-order valence-corrected chi connectivity index (χ1v) is 6.52. The van der Waals surface area contributed by atoms with Crippen molar-refractivity contribution in [3.05, 3.63) is 23.0 Å². The fraction of sp³-hybridized carbons (Fsp3) is 0.600. The molecule has 0 unspecified atom stereocenters. The van der Waals surface area contributed by atoms with Crippen LogP contribution in [0.3, 0.4) is 0 Å². The Labute approximate surface area is 116 Å². The van der Waals surface area contributed by atoms with E-state index in [4.69, 9.17) is 0 Å². The van der Waals surface area contributed by atoms with E-state index in [0.717, 1.165) is 30.2 Å². The van der Waals surface area contributed by atoms with Gasteiger partial charge in [0.2, 0.25) is 0 Å². The lowest BCUT2D eigenvalue weighted by Crippen LogP contribution is -2.34. The third kappa shape index (κ3) is 4.53. The van der Waals surface area contributed by atoms with Gasteiger partial charge in [0.1, 0.15) is 6.07 Å². The minimum Gasteiger partial charge on any atom is -0.383 e. The number of hydrogen-bond acceptors (Lipinski definition) is 4. The highest BCUT2D eigenvalue weighted by Crippen LogP contribution is 2.22. The Morgan fingerprint density at radius 1 is 1.37 bits per heavy atom. The molecule has 4 nitrogen and oxygen atoms in total. The number of aromatic nitrogens is 1. The highest BCUT2D eigenvalue weighted by atomic mass is 15.1. The molecule has 0 saturated heterocycles. The van der Waals surface area contributed by atoms with Crippen LogP contribution in [0.1, 0.15) is 30.8 Å². The Balaban J connectivity index is 2.86. The zero-order chi connectivity index (χ0) is 14.6. The van der Waals surface area contributed by atoms with Crippen LogP contribution < -0.4 is 5.32 Å². The highest BCUT2D eigenvalue weighted by Gasteiger charge is 2.19. The summed E-state index contributed by atoms with van der Waals surface area (Å²) in [5, 5.41) is 12.6. The van der Waals surface area contributed by atoms with Crippen molar-refractivity contribution in [1.29, 1.82) is 5.26 Å². The van der Waals surface area contributed by atoms with Gasteiger partial charge in [0.15, 0.2) is 0 Å². The summed E-state index contributed by atoms with van der Waals surface area (Å²) in [5.74, 6) is 0. The molecule has 0 spiro atoms. The zero-order valence-corrected chi connectivity index (χ0v) is 12.8. The van der Waals surface area contributed by atoms with Crippen LogP contribution in [0, 0.1) is 30.6 Å². The molecule has 0 atom stereocenters. The molecule has 0 bridgehead atoms. The second kappa shape index (κ2) is 6.03. The van der Waals surface area contributed by atoms with E-state index in [9.17, 15) is 5.26 Å². The van der Waals surface area contributed by atoms with Crippen molar-refractivity contribution in [2.24, 2.45) is 5.41 Å². The maximum absolute atomic E-state index is 9.23. The Hall–Kier alpha value is -1.60. The van der Waals surface area contributed by atoms with Crippen LogP contribution in [-0.2, 0) is 0 Å². The number of aryl methyl sites for hydroxylation is 2. The fourth-order valence-corrected chi connectivity index (χ4v) is 2.36. The summed E-state index contributed by atoms with van der Waals surface area (Å²) in [6.45, 7) is 10.1. The summed E-state index contributed by atoms with van der Waals surface area (Å²) in [4.78, 5) is 6.50. The maximum Gasteiger partial charge on any atom is 0.103 e. The van der Waals surface area contributed by atoms with Crippen molar-refractivity contribution >= 4 is 5.69 Å². The van der Waals surface area contributed by atoms with Crippen molar-refractivity contribution in [3.63, 3.8) is 0 Å². The Morgan fingerprint density at radius 2 is 2.00 bits per heavy atom. The molecule has 0 aromatic carbocycles. The summed E-state index contributed by atoms with van der Waals surface area (Å²) in [7, 11) is 4.15. The molecule has 1 heterocycles. The standard InChI is InChI=1S/C15H24N4/c1-11-7-14(13(8-16)12(2)18-11)17-9-15(3,4)10-19(5)6/h7H,9-10H2,1-6H3,(H,17,18). The van der Waals surface area contributed by atoms with Crippen LogP contribution in [0.5, 0.6) is 0 Å². The molecule has 0 aliphatic heterocycles. The number of nitriles is 1. The van der Waals surface area contributed by atoms with E-state index in [-0.39, 0.29) is 5.41 Å². The number of nitrogens with zero attached hydrogens (tertiary/aromatic N) is 3. The predicted octanol–water partition coefficient (Wildman–Crippen LogP) is 2.57. The first-order chi connectivity index (χ1) is 8.75. The number of hydrogen-bond donors (Lipinski definition) is 1. The van der Waals surface area contributed by atoms with Gasteiger partial charge in [0.25, 0.3) is 0 Å². The van der Waals surface area contributed by atoms with Gasteiger partial charge in [-0.15, -0.1) is 0 Å². The van der Waals surface area contributed by atoms with Crippen LogP contribution in [0.15, 0.2) is 6.07 Å². The van der Waals surface area contributed by atoms with Gasteiger partial charge in [-0.1, -0.05) is 13.8 Å².